The number of benzene rings is 2. The first-order valence-electron chi connectivity index (χ1n) is 8.06. The van der Waals surface area contributed by atoms with E-state index in [9.17, 15) is 34.1 Å². The van der Waals surface area contributed by atoms with E-state index in [0.717, 1.165) is 6.07 Å². The standard InChI is InChI=1S/C16H16N3O7P/c1-2-5-13(27(24,25)26)18-12-8-11(19(22)23)9-6-3-4-7-10(9)14(12)17-15(20)16(18)21/h3-4,6-8,13H,2,5H2,1H3,(H,17,20)(H2,24,25,26). The van der Waals surface area contributed by atoms with Crippen LogP contribution in [0.3, 0.4) is 0 Å². The van der Waals surface area contributed by atoms with Crippen LogP contribution in [0.4, 0.5) is 5.69 Å². The summed E-state index contributed by atoms with van der Waals surface area (Å²) in [5.41, 5.74) is -2.56. The monoisotopic (exact) mass is 393 g/mol. The maximum absolute atomic E-state index is 12.5. The molecule has 3 rings (SSSR count). The van der Waals surface area contributed by atoms with Crippen molar-refractivity contribution in [2.75, 3.05) is 0 Å². The second kappa shape index (κ2) is 6.73. The lowest BCUT2D eigenvalue weighted by atomic mass is 10.1. The molecule has 0 amide bonds. The average molecular weight is 393 g/mol. The zero-order valence-electron chi connectivity index (χ0n) is 14.2. The average Bonchev–Trinajstić information content (AvgIpc) is 2.60. The van der Waals surface area contributed by atoms with Gasteiger partial charge in [-0.1, -0.05) is 31.5 Å². The zero-order valence-corrected chi connectivity index (χ0v) is 15.1. The van der Waals surface area contributed by atoms with E-state index < -0.39 is 29.4 Å². The first kappa shape index (κ1) is 19.0. The van der Waals surface area contributed by atoms with Crippen molar-refractivity contribution in [2.45, 2.75) is 25.5 Å². The first-order chi connectivity index (χ1) is 12.7. The van der Waals surface area contributed by atoms with Gasteiger partial charge in [0.25, 0.3) is 5.69 Å². The predicted molar refractivity (Wildman–Crippen MR) is 99.0 cm³/mol. The molecule has 10 nitrogen and oxygen atoms in total. The Balaban J connectivity index is 2.60. The van der Waals surface area contributed by atoms with Crippen molar-refractivity contribution >= 4 is 35.1 Å². The number of fused-ring (bicyclic) bond motifs is 3. The summed E-state index contributed by atoms with van der Waals surface area (Å²) in [5, 5.41) is 12.0. The number of nitrogens with zero attached hydrogens (tertiary/aromatic N) is 2. The minimum absolute atomic E-state index is 0.0800. The molecule has 0 fully saturated rings. The molecule has 1 atom stereocenters. The van der Waals surface area contributed by atoms with Gasteiger partial charge in [-0.3, -0.25) is 28.8 Å². The fraction of sp³-hybridized carbons (Fsp3) is 0.250. The normalized spacial score (nSPS) is 13.1. The minimum Gasteiger partial charge on any atom is -0.323 e. The maximum atomic E-state index is 12.5. The molecule has 27 heavy (non-hydrogen) atoms. The maximum Gasteiger partial charge on any atom is 0.348 e. The van der Waals surface area contributed by atoms with Gasteiger partial charge in [0.15, 0.2) is 0 Å². The Morgan fingerprint density at radius 1 is 1.26 bits per heavy atom. The van der Waals surface area contributed by atoms with Crippen molar-refractivity contribution in [3.8, 4) is 0 Å². The molecule has 0 aliphatic rings. The quantitative estimate of drug-likeness (QED) is 0.197. The van der Waals surface area contributed by atoms with E-state index in [-0.39, 0.29) is 28.5 Å². The van der Waals surface area contributed by atoms with E-state index in [1.165, 1.54) is 12.1 Å². The van der Waals surface area contributed by atoms with Crippen molar-refractivity contribution in [3.63, 3.8) is 0 Å². The number of hydrogen-bond acceptors (Lipinski definition) is 5. The topological polar surface area (TPSA) is 156 Å². The molecule has 11 heteroatoms. The third kappa shape index (κ3) is 3.18. The highest BCUT2D eigenvalue weighted by Crippen LogP contribution is 2.51. The van der Waals surface area contributed by atoms with Crippen LogP contribution in [0.15, 0.2) is 39.9 Å². The van der Waals surface area contributed by atoms with Crippen molar-refractivity contribution in [3.05, 3.63) is 61.2 Å². The van der Waals surface area contributed by atoms with Crippen LogP contribution in [-0.4, -0.2) is 24.3 Å². The molecule has 0 saturated heterocycles. The zero-order chi connectivity index (χ0) is 19.9. The van der Waals surface area contributed by atoms with E-state index in [0.29, 0.717) is 16.4 Å². The molecule has 142 valence electrons. The molecule has 0 saturated carbocycles. The van der Waals surface area contributed by atoms with Gasteiger partial charge in [-0.15, -0.1) is 0 Å². The van der Waals surface area contributed by atoms with E-state index in [2.05, 4.69) is 4.98 Å². The number of nitrogens with one attached hydrogen (secondary N) is 1. The Labute approximate surface area is 151 Å². The van der Waals surface area contributed by atoms with Gasteiger partial charge in [-0.05, 0) is 12.5 Å². The summed E-state index contributed by atoms with van der Waals surface area (Å²) in [6.45, 7) is 1.67. The molecule has 1 aromatic heterocycles. The third-order valence-corrected chi connectivity index (χ3v) is 5.61. The van der Waals surface area contributed by atoms with Crippen LogP contribution in [0, 0.1) is 10.1 Å². The second-order valence-corrected chi connectivity index (χ2v) is 7.85. The van der Waals surface area contributed by atoms with Gasteiger partial charge in [0, 0.05) is 11.5 Å². The highest BCUT2D eigenvalue weighted by atomic mass is 31.2. The van der Waals surface area contributed by atoms with E-state index in [4.69, 9.17) is 0 Å². The number of aromatic amines is 1. The third-order valence-electron chi connectivity index (χ3n) is 4.34. The van der Waals surface area contributed by atoms with Gasteiger partial charge in [-0.25, -0.2) is 0 Å². The van der Waals surface area contributed by atoms with Crippen LogP contribution in [0.1, 0.15) is 25.5 Å². The molecular formula is C16H16N3O7P. The number of H-pyrrole nitrogens is 1. The lowest BCUT2D eigenvalue weighted by molar-refractivity contribution is -0.383. The number of nitro benzene ring substituents is 1. The van der Waals surface area contributed by atoms with Gasteiger partial charge in [0.1, 0.15) is 5.78 Å². The van der Waals surface area contributed by atoms with Gasteiger partial charge in [0.05, 0.1) is 21.3 Å². The lowest BCUT2D eigenvalue weighted by Crippen LogP contribution is -2.38. The Bertz CT molecular complexity index is 1220. The van der Waals surface area contributed by atoms with Gasteiger partial charge >= 0.3 is 18.7 Å². The smallest absolute Gasteiger partial charge is 0.323 e. The SMILES string of the molecule is CCCC(n1c(=O)c(=O)[nH]c2c3ccccc3c([N+](=O)[O-])cc21)P(=O)(O)O. The van der Waals surface area contributed by atoms with Gasteiger partial charge in [0.2, 0.25) is 0 Å². The molecule has 3 N–H and O–H groups in total. The molecule has 0 bridgehead atoms. The van der Waals surface area contributed by atoms with Gasteiger partial charge < -0.3 is 14.8 Å². The minimum atomic E-state index is -4.82. The Morgan fingerprint density at radius 2 is 1.89 bits per heavy atom. The van der Waals surface area contributed by atoms with Crippen LogP contribution in [0.25, 0.3) is 21.8 Å². The van der Waals surface area contributed by atoms with Gasteiger partial charge in [-0.2, -0.15) is 0 Å². The molecule has 1 heterocycles. The van der Waals surface area contributed by atoms with Crippen LogP contribution >= 0.6 is 7.60 Å². The predicted octanol–water partition coefficient (Wildman–Crippen LogP) is 2.23. The number of aromatic nitrogens is 2. The largest absolute Gasteiger partial charge is 0.348 e. The summed E-state index contributed by atoms with van der Waals surface area (Å²) in [5.74, 6) is -1.60. The van der Waals surface area contributed by atoms with E-state index in [1.54, 1.807) is 19.1 Å². The molecule has 0 aliphatic carbocycles. The molecule has 2 aromatic carbocycles. The number of non-ortho nitro benzene ring substituents is 1. The number of nitro groups is 1. The Kier molecular flexibility index (Phi) is 4.73. The summed E-state index contributed by atoms with van der Waals surface area (Å²) in [6, 6.07) is 7.28. The fourth-order valence-electron chi connectivity index (χ4n) is 3.20. The fourth-order valence-corrected chi connectivity index (χ4v) is 4.33. The summed E-state index contributed by atoms with van der Waals surface area (Å²) in [7, 11) is -4.82. The number of rotatable bonds is 5. The van der Waals surface area contributed by atoms with Crippen molar-refractivity contribution < 1.29 is 19.3 Å². The summed E-state index contributed by atoms with van der Waals surface area (Å²) in [6.07, 6.45) is 0.246. The summed E-state index contributed by atoms with van der Waals surface area (Å²) >= 11 is 0. The highest BCUT2D eigenvalue weighted by Gasteiger charge is 2.33. The summed E-state index contributed by atoms with van der Waals surface area (Å²) in [4.78, 5) is 57.4. The lowest BCUT2D eigenvalue weighted by Gasteiger charge is -2.22. The van der Waals surface area contributed by atoms with E-state index >= 15 is 0 Å². The van der Waals surface area contributed by atoms with Crippen LogP contribution in [0.2, 0.25) is 0 Å². The van der Waals surface area contributed by atoms with Crippen LogP contribution in [0.5, 0.6) is 0 Å². The van der Waals surface area contributed by atoms with Crippen LogP contribution in [-0.2, 0) is 4.57 Å². The molecule has 1 unspecified atom stereocenters. The molecular weight excluding hydrogens is 377 g/mol. The molecule has 0 aliphatic heterocycles. The van der Waals surface area contributed by atoms with Crippen molar-refractivity contribution in [2.24, 2.45) is 0 Å². The van der Waals surface area contributed by atoms with Crippen molar-refractivity contribution in [1.82, 2.24) is 9.55 Å². The molecule has 0 spiro atoms. The highest BCUT2D eigenvalue weighted by molar-refractivity contribution is 7.51. The van der Waals surface area contributed by atoms with E-state index in [1.807, 2.05) is 0 Å². The van der Waals surface area contributed by atoms with Crippen LogP contribution < -0.4 is 11.1 Å². The molecule has 3 aromatic rings. The second-order valence-electron chi connectivity index (χ2n) is 6.08. The summed E-state index contributed by atoms with van der Waals surface area (Å²) < 4.78 is 12.7. The first-order valence-corrected chi connectivity index (χ1v) is 9.74. The number of hydrogen-bond donors (Lipinski definition) is 3. The Morgan fingerprint density at radius 3 is 2.44 bits per heavy atom. The van der Waals surface area contributed by atoms with Crippen molar-refractivity contribution in [1.29, 1.82) is 0 Å². The Hall–Kier alpha value is -2.81. The molecule has 0 radical (unpaired) electrons.